The van der Waals surface area contributed by atoms with Gasteiger partial charge in [0.1, 0.15) is 0 Å². The number of amides is 2. The number of aliphatic carboxylic acids is 1. The smallest absolute Gasteiger partial charge is 0.317 e. The summed E-state index contributed by atoms with van der Waals surface area (Å²) in [6, 6.07) is 13.1. The first-order valence-corrected chi connectivity index (χ1v) is 8.57. The summed E-state index contributed by atoms with van der Waals surface area (Å²) in [5.41, 5.74) is 3.03. The Balaban J connectivity index is 2.12. The summed E-state index contributed by atoms with van der Waals surface area (Å²) in [4.78, 5) is 29.3. The van der Waals surface area contributed by atoms with E-state index in [0.717, 1.165) is 11.3 Å². The van der Waals surface area contributed by atoms with Crippen LogP contribution in [0.5, 0.6) is 0 Å². The topological polar surface area (TPSA) is 82.5 Å². The number of carbonyl (C=O) groups excluding carboxylic acids is 1. The minimum Gasteiger partial charge on any atom is -0.481 e. The van der Waals surface area contributed by atoms with E-state index in [0.29, 0.717) is 6.42 Å². The molecule has 2 rings (SSSR count). The normalized spacial score (nSPS) is 12.9. The fraction of sp³-hybridized carbons (Fsp3) is 0.350. The predicted octanol–water partition coefficient (Wildman–Crippen LogP) is 3.04. The van der Waals surface area contributed by atoms with Crippen LogP contribution in [0.25, 0.3) is 0 Å². The summed E-state index contributed by atoms with van der Waals surface area (Å²) in [7, 11) is 1.59. The number of aryl methyl sites for hydroxylation is 1. The highest BCUT2D eigenvalue weighted by Gasteiger charge is 2.21. The third-order valence-corrected chi connectivity index (χ3v) is 4.22. The van der Waals surface area contributed by atoms with Crippen molar-refractivity contribution < 1.29 is 14.7 Å². The maximum atomic E-state index is 12.5. The Morgan fingerprint density at radius 2 is 1.88 bits per heavy atom. The lowest BCUT2D eigenvalue weighted by molar-refractivity contribution is -0.141. The van der Waals surface area contributed by atoms with E-state index in [1.807, 2.05) is 49.4 Å². The number of nitrogens with zero attached hydrogens (tertiary/aromatic N) is 2. The van der Waals surface area contributed by atoms with Crippen molar-refractivity contribution in [1.82, 2.24) is 15.2 Å². The van der Waals surface area contributed by atoms with Crippen LogP contribution < -0.4 is 5.32 Å². The van der Waals surface area contributed by atoms with Crippen LogP contribution >= 0.6 is 0 Å². The largest absolute Gasteiger partial charge is 0.481 e. The summed E-state index contributed by atoms with van der Waals surface area (Å²) in [5, 5.41) is 12.0. The second kappa shape index (κ2) is 8.99. The fourth-order valence-electron chi connectivity index (χ4n) is 2.60. The molecule has 2 atom stereocenters. The molecule has 26 heavy (non-hydrogen) atoms. The van der Waals surface area contributed by atoms with Crippen LogP contribution in [0, 0.1) is 12.8 Å². The van der Waals surface area contributed by atoms with Gasteiger partial charge in [-0.1, -0.05) is 42.8 Å². The molecule has 2 amide bonds. The first-order chi connectivity index (χ1) is 12.4. The zero-order chi connectivity index (χ0) is 19.1. The fourth-order valence-corrected chi connectivity index (χ4v) is 2.60. The van der Waals surface area contributed by atoms with Gasteiger partial charge in [0.25, 0.3) is 0 Å². The molecule has 6 heteroatoms. The number of pyridine rings is 1. The number of hydrogen-bond acceptors (Lipinski definition) is 3. The van der Waals surface area contributed by atoms with Crippen LogP contribution in [0.15, 0.2) is 48.7 Å². The number of carboxylic acids is 1. The molecular weight excluding hydrogens is 330 g/mol. The molecule has 2 unspecified atom stereocenters. The molecule has 6 nitrogen and oxygen atoms in total. The lowest BCUT2D eigenvalue weighted by atomic mass is 10.0. The van der Waals surface area contributed by atoms with Gasteiger partial charge in [0.05, 0.1) is 17.7 Å². The average Bonchev–Trinajstić information content (AvgIpc) is 2.63. The van der Waals surface area contributed by atoms with Gasteiger partial charge in [-0.15, -0.1) is 0 Å². The van der Waals surface area contributed by atoms with Crippen LogP contribution in [-0.2, 0) is 11.2 Å². The van der Waals surface area contributed by atoms with Gasteiger partial charge in [-0.25, -0.2) is 4.79 Å². The van der Waals surface area contributed by atoms with Gasteiger partial charge in [0, 0.05) is 19.8 Å². The lowest BCUT2D eigenvalue weighted by Gasteiger charge is -2.24. The van der Waals surface area contributed by atoms with Crippen molar-refractivity contribution in [2.75, 3.05) is 13.6 Å². The molecule has 0 aliphatic carbocycles. The number of nitrogens with one attached hydrogen (secondary N) is 1. The molecular formula is C20H25N3O3. The number of hydrogen-bond donors (Lipinski definition) is 2. The number of urea groups is 1. The Kier molecular flexibility index (Phi) is 6.72. The number of benzene rings is 1. The molecule has 2 aromatic rings. The minimum absolute atomic E-state index is 0.140. The van der Waals surface area contributed by atoms with Gasteiger partial charge in [-0.2, -0.15) is 0 Å². The van der Waals surface area contributed by atoms with E-state index in [1.165, 1.54) is 10.5 Å². The third kappa shape index (κ3) is 5.58. The molecule has 1 aromatic carbocycles. The second-order valence-electron chi connectivity index (χ2n) is 6.57. The highest BCUT2D eigenvalue weighted by Crippen LogP contribution is 2.17. The SMILES string of the molecule is Cc1ccc(CC(NC(=O)N(C)CC(C)C(=O)O)c2ccccn2)cc1. The van der Waals surface area contributed by atoms with E-state index >= 15 is 0 Å². The molecule has 1 aromatic heterocycles. The number of aromatic nitrogens is 1. The molecule has 0 saturated carbocycles. The van der Waals surface area contributed by atoms with Gasteiger partial charge in [0.2, 0.25) is 0 Å². The van der Waals surface area contributed by atoms with Gasteiger partial charge < -0.3 is 15.3 Å². The summed E-state index contributed by atoms with van der Waals surface area (Å²) >= 11 is 0. The average molecular weight is 355 g/mol. The highest BCUT2D eigenvalue weighted by atomic mass is 16.4. The Labute approximate surface area is 153 Å². The van der Waals surface area contributed by atoms with Crippen molar-refractivity contribution in [1.29, 1.82) is 0 Å². The van der Waals surface area contributed by atoms with Crippen molar-refractivity contribution in [3.8, 4) is 0 Å². The molecule has 0 fully saturated rings. The highest BCUT2D eigenvalue weighted by molar-refractivity contribution is 5.76. The van der Waals surface area contributed by atoms with Gasteiger partial charge in [-0.3, -0.25) is 9.78 Å². The minimum atomic E-state index is -0.925. The van der Waals surface area contributed by atoms with E-state index in [2.05, 4.69) is 10.3 Å². The summed E-state index contributed by atoms with van der Waals surface area (Å²) < 4.78 is 0. The maximum Gasteiger partial charge on any atom is 0.317 e. The van der Waals surface area contributed by atoms with Crippen molar-refractivity contribution >= 4 is 12.0 Å². The zero-order valence-corrected chi connectivity index (χ0v) is 15.3. The molecule has 0 saturated heterocycles. The van der Waals surface area contributed by atoms with Crippen molar-refractivity contribution in [3.63, 3.8) is 0 Å². The van der Waals surface area contributed by atoms with Crippen LogP contribution in [0.1, 0.15) is 29.8 Å². The lowest BCUT2D eigenvalue weighted by Crippen LogP contribution is -2.43. The van der Waals surface area contributed by atoms with Crippen LogP contribution in [0.3, 0.4) is 0 Å². The van der Waals surface area contributed by atoms with Crippen LogP contribution in [-0.4, -0.2) is 40.6 Å². The molecule has 0 spiro atoms. The molecule has 0 bridgehead atoms. The second-order valence-corrected chi connectivity index (χ2v) is 6.57. The van der Waals surface area contributed by atoms with E-state index in [9.17, 15) is 9.59 Å². The number of carbonyl (C=O) groups is 2. The maximum absolute atomic E-state index is 12.5. The standard InChI is InChI=1S/C20H25N3O3/c1-14-7-9-16(10-8-14)12-18(17-6-4-5-11-21-17)22-20(26)23(3)13-15(2)19(24)25/h4-11,15,18H,12-13H2,1-3H3,(H,22,26)(H,24,25). The molecule has 1 heterocycles. The van der Waals surface area contributed by atoms with Gasteiger partial charge in [0.15, 0.2) is 0 Å². The molecule has 0 aliphatic heterocycles. The molecule has 2 N–H and O–H groups in total. The summed E-state index contributed by atoms with van der Waals surface area (Å²) in [6.45, 7) is 3.75. The molecule has 0 aliphatic rings. The quantitative estimate of drug-likeness (QED) is 0.800. The van der Waals surface area contributed by atoms with Crippen molar-refractivity contribution in [3.05, 3.63) is 65.5 Å². The summed E-state index contributed by atoms with van der Waals surface area (Å²) in [6.07, 6.45) is 2.30. The number of carboxylic acid groups (broad SMARTS) is 1. The van der Waals surface area contributed by atoms with E-state index < -0.39 is 11.9 Å². The first kappa shape index (κ1) is 19.4. The van der Waals surface area contributed by atoms with E-state index in [1.54, 1.807) is 20.2 Å². The Morgan fingerprint density at radius 1 is 1.19 bits per heavy atom. The van der Waals surface area contributed by atoms with Gasteiger partial charge in [-0.05, 0) is 31.0 Å². The van der Waals surface area contributed by atoms with E-state index in [-0.39, 0.29) is 18.6 Å². The van der Waals surface area contributed by atoms with Crippen molar-refractivity contribution in [2.24, 2.45) is 5.92 Å². The third-order valence-electron chi connectivity index (χ3n) is 4.22. The zero-order valence-electron chi connectivity index (χ0n) is 15.3. The monoisotopic (exact) mass is 355 g/mol. The van der Waals surface area contributed by atoms with Crippen LogP contribution in [0.4, 0.5) is 4.79 Å². The van der Waals surface area contributed by atoms with E-state index in [4.69, 9.17) is 5.11 Å². The summed E-state index contributed by atoms with van der Waals surface area (Å²) in [5.74, 6) is -1.55. The van der Waals surface area contributed by atoms with Crippen molar-refractivity contribution in [2.45, 2.75) is 26.3 Å². The van der Waals surface area contributed by atoms with Gasteiger partial charge >= 0.3 is 12.0 Å². The number of rotatable bonds is 7. The Hall–Kier alpha value is -2.89. The van der Waals surface area contributed by atoms with Crippen LogP contribution in [0.2, 0.25) is 0 Å². The molecule has 0 radical (unpaired) electrons. The first-order valence-electron chi connectivity index (χ1n) is 8.57. The molecule has 138 valence electrons. The Morgan fingerprint density at radius 3 is 2.46 bits per heavy atom. The Bertz CT molecular complexity index is 732. The predicted molar refractivity (Wildman–Crippen MR) is 99.8 cm³/mol.